The van der Waals surface area contributed by atoms with Crippen LogP contribution in [0, 0.1) is 6.92 Å². The standard InChI is InChI=1S/C39H32O4S/c1-3-42-38-24-16-31(26-36(38)29-10-6-4-7-11-29)32-17-25-39(37(27-32)30-12-8-5-9-13-30)43-33-18-22-35(23-19-33)44(40,41)34-20-14-28(2)15-21-34/h4-27H,3H2,1-2H3. The monoisotopic (exact) mass is 596 g/mol. The van der Waals surface area contributed by atoms with Crippen LogP contribution in [0.15, 0.2) is 155 Å². The van der Waals surface area contributed by atoms with Crippen LogP contribution in [0.5, 0.6) is 17.2 Å². The van der Waals surface area contributed by atoms with Crippen LogP contribution in [0.4, 0.5) is 0 Å². The van der Waals surface area contributed by atoms with Gasteiger partial charge < -0.3 is 9.47 Å². The third-order valence-corrected chi connectivity index (χ3v) is 9.24. The molecule has 0 saturated carbocycles. The molecule has 0 aliphatic rings. The van der Waals surface area contributed by atoms with Gasteiger partial charge in [-0.2, -0.15) is 0 Å². The molecule has 0 radical (unpaired) electrons. The number of hydrogen-bond donors (Lipinski definition) is 0. The van der Waals surface area contributed by atoms with Gasteiger partial charge in [0.05, 0.1) is 16.4 Å². The molecule has 0 spiro atoms. The van der Waals surface area contributed by atoms with Crippen molar-refractivity contribution in [3.8, 4) is 50.6 Å². The minimum atomic E-state index is -3.63. The minimum Gasteiger partial charge on any atom is -0.493 e. The van der Waals surface area contributed by atoms with Crippen LogP contribution in [0.3, 0.4) is 0 Å². The molecule has 0 atom stereocenters. The van der Waals surface area contributed by atoms with Gasteiger partial charge in [0.15, 0.2) is 0 Å². The van der Waals surface area contributed by atoms with Crippen molar-refractivity contribution in [1.29, 1.82) is 0 Å². The molecular formula is C39H32O4S. The summed E-state index contributed by atoms with van der Waals surface area (Å²) < 4.78 is 38.6. The zero-order valence-corrected chi connectivity index (χ0v) is 25.4. The number of hydrogen-bond acceptors (Lipinski definition) is 4. The van der Waals surface area contributed by atoms with Gasteiger partial charge in [-0.3, -0.25) is 0 Å². The lowest BCUT2D eigenvalue weighted by molar-refractivity contribution is 0.341. The highest BCUT2D eigenvalue weighted by atomic mass is 32.2. The highest BCUT2D eigenvalue weighted by Crippen LogP contribution is 2.40. The molecule has 4 nitrogen and oxygen atoms in total. The second kappa shape index (κ2) is 12.6. The molecule has 44 heavy (non-hydrogen) atoms. The molecule has 0 N–H and O–H groups in total. The van der Waals surface area contributed by atoms with E-state index in [1.807, 2.05) is 68.4 Å². The Morgan fingerprint density at radius 3 is 1.52 bits per heavy atom. The van der Waals surface area contributed by atoms with Crippen molar-refractivity contribution in [2.45, 2.75) is 23.6 Å². The molecule has 0 aliphatic heterocycles. The topological polar surface area (TPSA) is 52.6 Å². The molecule has 6 aromatic rings. The molecule has 0 aromatic heterocycles. The Morgan fingerprint density at radius 1 is 0.523 bits per heavy atom. The summed E-state index contributed by atoms with van der Waals surface area (Å²) in [6, 6.07) is 46.2. The summed E-state index contributed by atoms with van der Waals surface area (Å²) in [5.41, 5.74) is 7.16. The molecule has 218 valence electrons. The fourth-order valence-electron chi connectivity index (χ4n) is 5.14. The summed E-state index contributed by atoms with van der Waals surface area (Å²) in [6.07, 6.45) is 0. The summed E-state index contributed by atoms with van der Waals surface area (Å²) in [5, 5.41) is 0. The summed E-state index contributed by atoms with van der Waals surface area (Å²) in [7, 11) is -3.63. The van der Waals surface area contributed by atoms with Crippen molar-refractivity contribution in [3.05, 3.63) is 151 Å². The number of aryl methyl sites for hydroxylation is 1. The van der Waals surface area contributed by atoms with Gasteiger partial charge in [0, 0.05) is 11.1 Å². The molecule has 0 unspecified atom stereocenters. The Labute approximate surface area is 259 Å². The summed E-state index contributed by atoms with van der Waals surface area (Å²) in [4.78, 5) is 0.487. The van der Waals surface area contributed by atoms with E-state index in [4.69, 9.17) is 9.47 Å². The van der Waals surface area contributed by atoms with Crippen molar-refractivity contribution in [2.75, 3.05) is 6.61 Å². The van der Waals surface area contributed by atoms with Gasteiger partial charge >= 0.3 is 0 Å². The number of ether oxygens (including phenoxy) is 2. The van der Waals surface area contributed by atoms with Crippen molar-refractivity contribution < 1.29 is 17.9 Å². The third kappa shape index (κ3) is 6.14. The highest BCUT2D eigenvalue weighted by Gasteiger charge is 2.18. The first-order chi connectivity index (χ1) is 21.4. The zero-order valence-electron chi connectivity index (χ0n) is 24.6. The predicted molar refractivity (Wildman–Crippen MR) is 177 cm³/mol. The van der Waals surface area contributed by atoms with E-state index < -0.39 is 9.84 Å². The van der Waals surface area contributed by atoms with Gasteiger partial charge in [0.2, 0.25) is 9.84 Å². The molecule has 0 amide bonds. The lowest BCUT2D eigenvalue weighted by Crippen LogP contribution is -2.01. The SMILES string of the molecule is CCOc1ccc(-c2ccc(Oc3ccc(S(=O)(=O)c4ccc(C)cc4)cc3)c(-c3ccccc3)c2)cc1-c1ccccc1. The largest absolute Gasteiger partial charge is 0.493 e. The van der Waals surface area contributed by atoms with Crippen LogP contribution in [0.25, 0.3) is 33.4 Å². The highest BCUT2D eigenvalue weighted by molar-refractivity contribution is 7.91. The molecule has 6 rings (SSSR count). The molecule has 0 fully saturated rings. The molecule has 5 heteroatoms. The van der Waals surface area contributed by atoms with E-state index in [2.05, 4.69) is 42.5 Å². The van der Waals surface area contributed by atoms with Crippen LogP contribution in [-0.2, 0) is 9.84 Å². The predicted octanol–water partition coefficient (Wildman–Crippen LogP) is 10.0. The van der Waals surface area contributed by atoms with E-state index in [9.17, 15) is 8.42 Å². The lowest BCUT2D eigenvalue weighted by atomic mass is 9.95. The second-order valence-electron chi connectivity index (χ2n) is 10.5. The van der Waals surface area contributed by atoms with Gasteiger partial charge in [-0.05, 0) is 96.8 Å². The first kappa shape index (κ1) is 29.0. The average Bonchev–Trinajstić information content (AvgIpc) is 3.06. The summed E-state index contributed by atoms with van der Waals surface area (Å²) >= 11 is 0. The molecular weight excluding hydrogens is 564 g/mol. The lowest BCUT2D eigenvalue weighted by Gasteiger charge is -2.16. The quantitative estimate of drug-likeness (QED) is 0.167. The zero-order chi connectivity index (χ0) is 30.5. The van der Waals surface area contributed by atoms with Crippen LogP contribution >= 0.6 is 0 Å². The molecule has 0 heterocycles. The van der Waals surface area contributed by atoms with Gasteiger partial charge in [0.25, 0.3) is 0 Å². The van der Waals surface area contributed by atoms with E-state index in [-0.39, 0.29) is 9.79 Å². The second-order valence-corrected chi connectivity index (χ2v) is 12.4. The normalized spacial score (nSPS) is 11.2. The number of benzene rings is 6. The first-order valence-electron chi connectivity index (χ1n) is 14.5. The van der Waals surface area contributed by atoms with Crippen LogP contribution < -0.4 is 9.47 Å². The van der Waals surface area contributed by atoms with E-state index in [1.165, 1.54) is 0 Å². The Kier molecular flexibility index (Phi) is 8.31. The molecule has 0 bridgehead atoms. The fraction of sp³-hybridized carbons (Fsp3) is 0.0769. The Bertz CT molecular complexity index is 1980. The maximum atomic E-state index is 13.1. The van der Waals surface area contributed by atoms with Crippen molar-refractivity contribution >= 4 is 9.84 Å². The van der Waals surface area contributed by atoms with E-state index >= 15 is 0 Å². The van der Waals surface area contributed by atoms with Gasteiger partial charge in [-0.1, -0.05) is 90.5 Å². The number of sulfone groups is 1. The summed E-state index contributed by atoms with van der Waals surface area (Å²) in [6.45, 7) is 4.51. The molecule has 0 saturated heterocycles. The van der Waals surface area contributed by atoms with E-state index in [0.29, 0.717) is 18.1 Å². The minimum absolute atomic E-state index is 0.219. The smallest absolute Gasteiger partial charge is 0.206 e. The van der Waals surface area contributed by atoms with Crippen LogP contribution in [-0.4, -0.2) is 15.0 Å². The van der Waals surface area contributed by atoms with Gasteiger partial charge in [0.1, 0.15) is 17.2 Å². The Hall–Kier alpha value is -5.13. The van der Waals surface area contributed by atoms with Gasteiger partial charge in [-0.25, -0.2) is 8.42 Å². The third-order valence-electron chi connectivity index (χ3n) is 7.46. The molecule has 0 aliphatic carbocycles. The fourth-order valence-corrected chi connectivity index (χ4v) is 6.40. The summed E-state index contributed by atoms with van der Waals surface area (Å²) in [5.74, 6) is 2.06. The Morgan fingerprint density at radius 2 is 1.00 bits per heavy atom. The van der Waals surface area contributed by atoms with Crippen LogP contribution in [0.2, 0.25) is 0 Å². The van der Waals surface area contributed by atoms with E-state index in [0.717, 1.165) is 44.7 Å². The maximum Gasteiger partial charge on any atom is 0.206 e. The number of rotatable bonds is 9. The Balaban J connectivity index is 1.35. The van der Waals surface area contributed by atoms with E-state index in [1.54, 1.807) is 48.5 Å². The van der Waals surface area contributed by atoms with Crippen molar-refractivity contribution in [3.63, 3.8) is 0 Å². The van der Waals surface area contributed by atoms with Crippen molar-refractivity contribution in [2.24, 2.45) is 0 Å². The van der Waals surface area contributed by atoms with Gasteiger partial charge in [-0.15, -0.1) is 0 Å². The molecule has 6 aromatic carbocycles. The average molecular weight is 597 g/mol. The van der Waals surface area contributed by atoms with Crippen LogP contribution in [0.1, 0.15) is 12.5 Å². The van der Waals surface area contributed by atoms with Crippen molar-refractivity contribution in [1.82, 2.24) is 0 Å². The maximum absolute atomic E-state index is 13.1. The first-order valence-corrected chi connectivity index (χ1v) is 16.0.